The summed E-state index contributed by atoms with van der Waals surface area (Å²) in [5, 5.41) is 14.6. The van der Waals surface area contributed by atoms with E-state index in [1.165, 1.54) is 0 Å². The van der Waals surface area contributed by atoms with Crippen LogP contribution in [0.2, 0.25) is 0 Å². The number of carbonyl (C=O) groups excluding carboxylic acids is 1. The maximum atomic E-state index is 12.5. The number of methoxy groups -OCH3 is 1. The molecule has 3 rings (SSSR count). The molecular formula is C20H29BrN2O4. The van der Waals surface area contributed by atoms with E-state index in [1.807, 2.05) is 18.2 Å². The Kier molecular flexibility index (Phi) is 7.00. The summed E-state index contributed by atoms with van der Waals surface area (Å²) < 4.78 is 11.8. The molecule has 2 aliphatic rings. The van der Waals surface area contributed by atoms with Crippen LogP contribution in [0.1, 0.15) is 43.6 Å². The molecule has 2 fully saturated rings. The number of amides is 1. The third-order valence-electron chi connectivity index (χ3n) is 5.69. The lowest BCUT2D eigenvalue weighted by Gasteiger charge is -2.39. The smallest absolute Gasteiger partial charge is 0.409 e. The first-order valence-corrected chi connectivity index (χ1v) is 10.5. The van der Waals surface area contributed by atoms with Crippen LogP contribution in [-0.4, -0.2) is 61.6 Å². The van der Waals surface area contributed by atoms with E-state index < -0.39 is 5.60 Å². The van der Waals surface area contributed by atoms with Crippen molar-refractivity contribution in [3.05, 3.63) is 28.2 Å². The van der Waals surface area contributed by atoms with Crippen LogP contribution in [-0.2, 0) is 4.74 Å². The lowest BCUT2D eigenvalue weighted by atomic mass is 9.73. The fourth-order valence-corrected chi connectivity index (χ4v) is 4.63. The number of benzene rings is 1. The van der Waals surface area contributed by atoms with Crippen molar-refractivity contribution in [3.8, 4) is 5.75 Å². The van der Waals surface area contributed by atoms with E-state index in [0.717, 1.165) is 61.0 Å². The zero-order valence-electron chi connectivity index (χ0n) is 15.9. The molecule has 2 N–H and O–H groups in total. The Morgan fingerprint density at radius 1 is 1.30 bits per heavy atom. The Morgan fingerprint density at radius 3 is 2.63 bits per heavy atom. The predicted octanol–water partition coefficient (Wildman–Crippen LogP) is 3.28. The lowest BCUT2D eigenvalue weighted by Crippen LogP contribution is -2.47. The van der Waals surface area contributed by atoms with Gasteiger partial charge in [0.05, 0.1) is 17.2 Å². The third kappa shape index (κ3) is 4.95. The molecule has 1 aromatic rings. The quantitative estimate of drug-likeness (QED) is 0.734. The summed E-state index contributed by atoms with van der Waals surface area (Å²) in [6.45, 7) is 3.06. The van der Waals surface area contributed by atoms with Crippen LogP contribution in [0.25, 0.3) is 0 Å². The average Bonchev–Trinajstić information content (AvgIpc) is 2.69. The maximum absolute atomic E-state index is 12.5. The Balaban J connectivity index is 1.77. The Morgan fingerprint density at radius 2 is 2.00 bits per heavy atom. The first-order chi connectivity index (χ1) is 13.0. The highest BCUT2D eigenvalue weighted by atomic mass is 79.9. The molecule has 1 saturated heterocycles. The van der Waals surface area contributed by atoms with Gasteiger partial charge in [-0.2, -0.15) is 0 Å². The van der Waals surface area contributed by atoms with Crippen molar-refractivity contribution in [2.45, 2.75) is 43.6 Å². The van der Waals surface area contributed by atoms with Gasteiger partial charge in [-0.3, -0.25) is 0 Å². The van der Waals surface area contributed by atoms with Crippen molar-refractivity contribution in [2.24, 2.45) is 0 Å². The van der Waals surface area contributed by atoms with E-state index in [2.05, 4.69) is 21.2 Å². The molecule has 7 heteroatoms. The molecule has 0 spiro atoms. The third-order valence-corrected chi connectivity index (χ3v) is 6.31. The number of nitrogens with one attached hydrogen (secondary N) is 1. The number of nitrogens with zero attached hydrogens (tertiary/aromatic N) is 1. The molecule has 0 bridgehead atoms. The van der Waals surface area contributed by atoms with Crippen molar-refractivity contribution < 1.29 is 19.4 Å². The van der Waals surface area contributed by atoms with Crippen molar-refractivity contribution in [3.63, 3.8) is 0 Å². The van der Waals surface area contributed by atoms with Crippen LogP contribution in [0.4, 0.5) is 4.79 Å². The highest BCUT2D eigenvalue weighted by Crippen LogP contribution is 2.41. The van der Waals surface area contributed by atoms with Crippen molar-refractivity contribution in [1.29, 1.82) is 0 Å². The van der Waals surface area contributed by atoms with Crippen LogP contribution in [0, 0.1) is 0 Å². The number of piperazine rings is 1. The molecule has 1 aromatic carbocycles. The molecule has 0 aromatic heterocycles. The number of rotatable bonds is 5. The summed E-state index contributed by atoms with van der Waals surface area (Å²) in [5.74, 6) is 0.484. The second kappa shape index (κ2) is 9.26. The summed E-state index contributed by atoms with van der Waals surface area (Å²) in [6.07, 6.45) is 4.29. The van der Waals surface area contributed by atoms with E-state index in [0.29, 0.717) is 13.1 Å². The lowest BCUT2D eigenvalue weighted by molar-refractivity contribution is -0.0410. The number of hydrogen-bond donors (Lipinski definition) is 2. The van der Waals surface area contributed by atoms with Gasteiger partial charge in [0.2, 0.25) is 0 Å². The van der Waals surface area contributed by atoms with Gasteiger partial charge in [0.25, 0.3) is 0 Å². The molecular weight excluding hydrogens is 412 g/mol. The predicted molar refractivity (Wildman–Crippen MR) is 107 cm³/mol. The van der Waals surface area contributed by atoms with E-state index >= 15 is 0 Å². The molecule has 1 atom stereocenters. The van der Waals surface area contributed by atoms with Crippen molar-refractivity contribution >= 4 is 22.0 Å². The molecule has 27 heavy (non-hydrogen) atoms. The Labute approximate surface area is 169 Å². The molecule has 1 unspecified atom stereocenters. The SMILES string of the molecule is COc1ccc(C(COC(=O)N2CCNCC2)C2(O)CCCCC2)cc1Br. The Bertz CT molecular complexity index is 643. The van der Waals surface area contributed by atoms with Crippen molar-refractivity contribution in [2.75, 3.05) is 39.9 Å². The highest BCUT2D eigenvalue weighted by molar-refractivity contribution is 9.10. The molecule has 6 nitrogen and oxygen atoms in total. The van der Waals surface area contributed by atoms with Gasteiger partial charge < -0.3 is 24.8 Å². The topological polar surface area (TPSA) is 71.0 Å². The molecule has 1 amide bonds. The van der Waals surface area contributed by atoms with Crippen LogP contribution in [0.15, 0.2) is 22.7 Å². The van der Waals surface area contributed by atoms with Gasteiger partial charge in [-0.25, -0.2) is 4.79 Å². The largest absolute Gasteiger partial charge is 0.496 e. The maximum Gasteiger partial charge on any atom is 0.409 e. The molecule has 0 radical (unpaired) electrons. The van der Waals surface area contributed by atoms with Gasteiger partial charge in [-0.15, -0.1) is 0 Å². The molecule has 1 aliphatic carbocycles. The second-order valence-electron chi connectivity index (χ2n) is 7.42. The van der Waals surface area contributed by atoms with Crippen LogP contribution in [0.5, 0.6) is 5.75 Å². The van der Waals surface area contributed by atoms with Gasteiger partial charge >= 0.3 is 6.09 Å². The summed E-state index contributed by atoms with van der Waals surface area (Å²) in [5.41, 5.74) is 0.107. The molecule has 150 valence electrons. The van der Waals surface area contributed by atoms with Gasteiger partial charge in [0.15, 0.2) is 0 Å². The number of ether oxygens (including phenoxy) is 2. The van der Waals surface area contributed by atoms with Gasteiger partial charge in [0, 0.05) is 32.1 Å². The fraction of sp³-hybridized carbons (Fsp3) is 0.650. The van der Waals surface area contributed by atoms with Gasteiger partial charge in [-0.1, -0.05) is 25.3 Å². The standard InChI is InChI=1S/C20H29BrN2O4/c1-26-18-6-5-15(13-17(18)21)16(20(25)7-3-2-4-8-20)14-27-19(24)23-11-9-22-10-12-23/h5-6,13,16,22,25H,2-4,7-12,14H2,1H3. The van der Waals surface area contributed by atoms with Gasteiger partial charge in [0.1, 0.15) is 12.4 Å². The minimum Gasteiger partial charge on any atom is -0.496 e. The number of halogens is 1. The monoisotopic (exact) mass is 440 g/mol. The van der Waals surface area contributed by atoms with E-state index in [1.54, 1.807) is 12.0 Å². The van der Waals surface area contributed by atoms with Crippen molar-refractivity contribution in [1.82, 2.24) is 10.2 Å². The summed E-state index contributed by atoms with van der Waals surface area (Å²) >= 11 is 3.53. The normalized spacial score (nSPS) is 20.8. The van der Waals surface area contributed by atoms with E-state index in [4.69, 9.17) is 9.47 Å². The zero-order valence-corrected chi connectivity index (χ0v) is 17.5. The molecule has 1 saturated carbocycles. The van der Waals surface area contributed by atoms with Crippen LogP contribution >= 0.6 is 15.9 Å². The zero-order chi connectivity index (χ0) is 19.3. The summed E-state index contributed by atoms with van der Waals surface area (Å²) in [6, 6.07) is 5.81. The number of carbonyl (C=O) groups is 1. The molecule has 1 heterocycles. The number of aliphatic hydroxyl groups is 1. The van der Waals surface area contributed by atoms with Gasteiger partial charge in [-0.05, 0) is 46.5 Å². The minimum absolute atomic E-state index is 0.179. The van der Waals surface area contributed by atoms with Crippen LogP contribution < -0.4 is 10.1 Å². The summed E-state index contributed by atoms with van der Waals surface area (Å²) in [7, 11) is 1.63. The van der Waals surface area contributed by atoms with E-state index in [9.17, 15) is 9.90 Å². The fourth-order valence-electron chi connectivity index (χ4n) is 4.07. The average molecular weight is 441 g/mol. The number of hydrogen-bond acceptors (Lipinski definition) is 5. The Hall–Kier alpha value is -1.31. The summed E-state index contributed by atoms with van der Waals surface area (Å²) in [4.78, 5) is 14.2. The first kappa shape index (κ1) is 20.4. The minimum atomic E-state index is -0.851. The molecule has 1 aliphatic heterocycles. The second-order valence-corrected chi connectivity index (χ2v) is 8.28. The first-order valence-electron chi connectivity index (χ1n) is 9.72. The van der Waals surface area contributed by atoms with E-state index in [-0.39, 0.29) is 18.6 Å². The highest BCUT2D eigenvalue weighted by Gasteiger charge is 2.40. The van der Waals surface area contributed by atoms with Crippen LogP contribution in [0.3, 0.4) is 0 Å².